The summed E-state index contributed by atoms with van der Waals surface area (Å²) in [7, 11) is 6.58. The molecule has 2 rings (SSSR count). The minimum absolute atomic E-state index is 0.475. The van der Waals surface area contributed by atoms with Crippen molar-refractivity contribution >= 4 is 5.96 Å². The maximum atomic E-state index is 5.67. The van der Waals surface area contributed by atoms with E-state index in [1.807, 2.05) is 43.3 Å². The highest BCUT2D eigenvalue weighted by atomic mass is 16.5. The lowest BCUT2D eigenvalue weighted by molar-refractivity contribution is 0.336. The maximum absolute atomic E-state index is 5.67. The van der Waals surface area contributed by atoms with Gasteiger partial charge in [0.15, 0.2) is 5.96 Å². The molecular formula is C21H29N3O4. The average Bonchev–Trinajstić information content (AvgIpc) is 2.74. The quantitative estimate of drug-likeness (QED) is 0.509. The van der Waals surface area contributed by atoms with Gasteiger partial charge in [-0.05, 0) is 13.0 Å². The number of rotatable bonds is 9. The van der Waals surface area contributed by atoms with E-state index >= 15 is 0 Å². The minimum Gasteiger partial charge on any atom is -0.496 e. The Morgan fingerprint density at radius 2 is 1.54 bits per heavy atom. The predicted molar refractivity (Wildman–Crippen MR) is 111 cm³/mol. The van der Waals surface area contributed by atoms with Gasteiger partial charge in [-0.25, -0.2) is 0 Å². The molecule has 0 spiro atoms. The van der Waals surface area contributed by atoms with Gasteiger partial charge >= 0.3 is 0 Å². The Labute approximate surface area is 166 Å². The number of methoxy groups -OCH3 is 3. The van der Waals surface area contributed by atoms with Crippen LogP contribution in [0.2, 0.25) is 0 Å². The fraction of sp³-hybridized carbons (Fsp3) is 0.381. The van der Waals surface area contributed by atoms with Gasteiger partial charge in [0.25, 0.3) is 0 Å². The molecule has 0 unspecified atom stereocenters. The van der Waals surface area contributed by atoms with Gasteiger partial charge in [-0.15, -0.1) is 0 Å². The summed E-state index contributed by atoms with van der Waals surface area (Å²) in [5.41, 5.74) is 1.94. The molecule has 0 saturated carbocycles. The molecule has 2 N–H and O–H groups in total. The molecule has 0 atom stereocenters. The highest BCUT2D eigenvalue weighted by molar-refractivity contribution is 5.79. The Balaban J connectivity index is 2.07. The molecule has 28 heavy (non-hydrogen) atoms. The molecule has 0 bridgehead atoms. The van der Waals surface area contributed by atoms with Crippen molar-refractivity contribution in [2.75, 3.05) is 35.0 Å². The van der Waals surface area contributed by atoms with Crippen LogP contribution in [0.4, 0.5) is 0 Å². The number of para-hydroxylation sites is 1. The number of nitrogens with one attached hydrogen (secondary N) is 2. The smallest absolute Gasteiger partial charge is 0.191 e. The number of guanidine groups is 1. The van der Waals surface area contributed by atoms with E-state index in [9.17, 15) is 0 Å². The van der Waals surface area contributed by atoms with E-state index in [2.05, 4.69) is 15.6 Å². The highest BCUT2D eigenvalue weighted by Crippen LogP contribution is 2.33. The van der Waals surface area contributed by atoms with Crippen molar-refractivity contribution in [2.24, 2.45) is 4.99 Å². The zero-order chi connectivity index (χ0) is 20.4. The van der Waals surface area contributed by atoms with Crippen LogP contribution in [0.3, 0.4) is 0 Å². The standard InChI is InChI=1S/C21H29N3O4/c1-6-28-18-10-8-7-9-15(18)13-23-21(22-2)24-14-17-19(26-4)11-16(25-3)12-20(17)27-5/h7-12H,6,13-14H2,1-5H3,(H2,22,23,24). The Morgan fingerprint density at radius 3 is 2.11 bits per heavy atom. The number of ether oxygens (including phenoxy) is 4. The highest BCUT2D eigenvalue weighted by Gasteiger charge is 2.14. The Bertz CT molecular complexity index is 768. The van der Waals surface area contributed by atoms with Gasteiger partial charge in [-0.3, -0.25) is 4.99 Å². The van der Waals surface area contributed by atoms with Crippen molar-refractivity contribution in [3.63, 3.8) is 0 Å². The second kappa shape index (κ2) is 10.9. The maximum Gasteiger partial charge on any atom is 0.191 e. The molecule has 0 fully saturated rings. The van der Waals surface area contributed by atoms with Gasteiger partial charge in [0.05, 0.1) is 40.0 Å². The summed E-state index contributed by atoms with van der Waals surface area (Å²) in [6, 6.07) is 11.6. The lowest BCUT2D eigenvalue weighted by Gasteiger charge is -2.18. The van der Waals surface area contributed by atoms with E-state index in [1.54, 1.807) is 28.4 Å². The number of hydrogen-bond acceptors (Lipinski definition) is 5. The van der Waals surface area contributed by atoms with E-state index in [0.717, 1.165) is 16.9 Å². The normalized spacial score (nSPS) is 11.0. The summed E-state index contributed by atoms with van der Waals surface area (Å²) in [6.07, 6.45) is 0. The SMILES string of the molecule is CCOc1ccccc1CNC(=NC)NCc1c(OC)cc(OC)cc1OC. The van der Waals surface area contributed by atoms with E-state index in [-0.39, 0.29) is 0 Å². The lowest BCUT2D eigenvalue weighted by Crippen LogP contribution is -2.36. The van der Waals surface area contributed by atoms with Crippen LogP contribution < -0.4 is 29.6 Å². The van der Waals surface area contributed by atoms with E-state index in [4.69, 9.17) is 18.9 Å². The Morgan fingerprint density at radius 1 is 0.893 bits per heavy atom. The molecule has 152 valence electrons. The van der Waals surface area contributed by atoms with Crippen molar-refractivity contribution in [2.45, 2.75) is 20.0 Å². The summed E-state index contributed by atoms with van der Waals surface area (Å²) >= 11 is 0. The van der Waals surface area contributed by atoms with E-state index in [0.29, 0.717) is 42.9 Å². The molecule has 0 heterocycles. The predicted octanol–water partition coefficient (Wildman–Crippen LogP) is 2.98. The second-order valence-electron chi connectivity index (χ2n) is 5.83. The number of benzene rings is 2. The topological polar surface area (TPSA) is 73.3 Å². The monoisotopic (exact) mass is 387 g/mol. The Kier molecular flexibility index (Phi) is 8.27. The zero-order valence-electron chi connectivity index (χ0n) is 17.2. The van der Waals surface area contributed by atoms with Crippen molar-refractivity contribution in [1.29, 1.82) is 0 Å². The van der Waals surface area contributed by atoms with Gasteiger partial charge in [0.1, 0.15) is 23.0 Å². The Hall–Kier alpha value is -3.09. The fourth-order valence-corrected chi connectivity index (χ4v) is 2.77. The van der Waals surface area contributed by atoms with Crippen molar-refractivity contribution in [1.82, 2.24) is 10.6 Å². The van der Waals surface area contributed by atoms with Gasteiger partial charge < -0.3 is 29.6 Å². The third-order valence-corrected chi connectivity index (χ3v) is 4.19. The number of hydrogen-bond donors (Lipinski definition) is 2. The molecule has 0 aliphatic rings. The number of nitrogens with zero attached hydrogens (tertiary/aromatic N) is 1. The summed E-state index contributed by atoms with van der Waals surface area (Å²) < 4.78 is 21.9. The summed E-state index contributed by atoms with van der Waals surface area (Å²) in [4.78, 5) is 4.29. The van der Waals surface area contributed by atoms with Crippen LogP contribution in [0.15, 0.2) is 41.4 Å². The van der Waals surface area contributed by atoms with Crippen LogP contribution in [-0.4, -0.2) is 40.9 Å². The molecule has 0 radical (unpaired) electrons. The van der Waals surface area contributed by atoms with Gasteiger partial charge in [-0.1, -0.05) is 18.2 Å². The van der Waals surface area contributed by atoms with Crippen LogP contribution in [0.25, 0.3) is 0 Å². The van der Waals surface area contributed by atoms with Gasteiger partial charge in [0, 0.05) is 31.3 Å². The second-order valence-corrected chi connectivity index (χ2v) is 5.83. The molecule has 0 saturated heterocycles. The first-order valence-corrected chi connectivity index (χ1v) is 9.10. The van der Waals surface area contributed by atoms with E-state index < -0.39 is 0 Å². The van der Waals surface area contributed by atoms with Crippen LogP contribution in [0.5, 0.6) is 23.0 Å². The van der Waals surface area contributed by atoms with Gasteiger partial charge in [-0.2, -0.15) is 0 Å². The van der Waals surface area contributed by atoms with Crippen molar-refractivity contribution in [3.8, 4) is 23.0 Å². The van der Waals surface area contributed by atoms with Crippen molar-refractivity contribution in [3.05, 3.63) is 47.5 Å². The molecular weight excluding hydrogens is 358 g/mol. The van der Waals surface area contributed by atoms with E-state index in [1.165, 1.54) is 0 Å². The van der Waals surface area contributed by atoms with Crippen LogP contribution in [-0.2, 0) is 13.1 Å². The molecule has 7 heteroatoms. The minimum atomic E-state index is 0.475. The molecule has 0 aromatic heterocycles. The molecule has 0 aliphatic heterocycles. The largest absolute Gasteiger partial charge is 0.496 e. The summed E-state index contributed by atoms with van der Waals surface area (Å²) in [5.74, 6) is 3.56. The first-order valence-electron chi connectivity index (χ1n) is 9.10. The molecule has 2 aromatic rings. The molecule has 0 amide bonds. The lowest BCUT2D eigenvalue weighted by atomic mass is 10.1. The molecule has 7 nitrogen and oxygen atoms in total. The molecule has 0 aliphatic carbocycles. The zero-order valence-corrected chi connectivity index (χ0v) is 17.2. The van der Waals surface area contributed by atoms with Crippen LogP contribution >= 0.6 is 0 Å². The van der Waals surface area contributed by atoms with Crippen LogP contribution in [0, 0.1) is 0 Å². The third-order valence-electron chi connectivity index (χ3n) is 4.19. The summed E-state index contributed by atoms with van der Waals surface area (Å²) in [6.45, 7) is 3.66. The van der Waals surface area contributed by atoms with Crippen LogP contribution in [0.1, 0.15) is 18.1 Å². The fourth-order valence-electron chi connectivity index (χ4n) is 2.77. The molecule has 2 aromatic carbocycles. The first kappa shape index (κ1) is 21.2. The third kappa shape index (κ3) is 5.45. The number of aliphatic imine (C=N–C) groups is 1. The van der Waals surface area contributed by atoms with Gasteiger partial charge in [0.2, 0.25) is 0 Å². The average molecular weight is 387 g/mol. The summed E-state index contributed by atoms with van der Waals surface area (Å²) in [5, 5.41) is 6.60. The first-order chi connectivity index (χ1) is 13.7. The van der Waals surface area contributed by atoms with Crippen molar-refractivity contribution < 1.29 is 18.9 Å².